The molecule has 0 radical (unpaired) electrons. The minimum absolute atomic E-state index is 0.206. The highest BCUT2D eigenvalue weighted by Gasteiger charge is 2.19. The first-order valence-electron chi connectivity index (χ1n) is 9.27. The number of anilines is 1. The first-order chi connectivity index (χ1) is 14.0. The second-order valence-electron chi connectivity index (χ2n) is 6.51. The third kappa shape index (κ3) is 5.68. The summed E-state index contributed by atoms with van der Waals surface area (Å²) in [6.07, 6.45) is 2.33. The number of thioether (sulfide) groups is 1. The normalized spacial score (nSPS) is 11.7. The van der Waals surface area contributed by atoms with E-state index >= 15 is 0 Å². The molecule has 2 amide bonds. The standard InChI is InChI=1S/C21H23N5O2S/c1-15(29-21-25-23-14-26(21)2)19(27)24-18-11-7-6-10-17(18)20(28)22-13-12-16-8-4-3-5-9-16/h3-11,14-15H,12-13H2,1-2H3,(H,22,28)(H,24,27). The fourth-order valence-electron chi connectivity index (χ4n) is 2.68. The molecule has 0 saturated carbocycles. The van der Waals surface area contributed by atoms with Crippen molar-refractivity contribution in [3.8, 4) is 0 Å². The zero-order chi connectivity index (χ0) is 20.6. The summed E-state index contributed by atoms with van der Waals surface area (Å²) in [5.74, 6) is -0.423. The van der Waals surface area contributed by atoms with Crippen molar-refractivity contribution in [1.29, 1.82) is 0 Å². The Morgan fingerprint density at radius 1 is 1.10 bits per heavy atom. The average molecular weight is 410 g/mol. The number of carbonyl (C=O) groups is 2. The Kier molecular flexibility index (Phi) is 7.02. The van der Waals surface area contributed by atoms with Gasteiger partial charge in [-0.15, -0.1) is 10.2 Å². The molecule has 0 spiro atoms. The van der Waals surface area contributed by atoms with E-state index in [0.717, 1.165) is 12.0 Å². The predicted octanol–water partition coefficient (Wildman–Crippen LogP) is 2.91. The van der Waals surface area contributed by atoms with Crippen LogP contribution in [0, 0.1) is 0 Å². The second-order valence-corrected chi connectivity index (χ2v) is 7.82. The van der Waals surface area contributed by atoms with Crippen molar-refractivity contribution in [3.05, 3.63) is 72.1 Å². The fourth-order valence-corrected chi connectivity index (χ4v) is 3.47. The molecule has 1 unspecified atom stereocenters. The van der Waals surface area contributed by atoms with Crippen LogP contribution in [0.25, 0.3) is 0 Å². The van der Waals surface area contributed by atoms with Gasteiger partial charge in [0.25, 0.3) is 5.91 Å². The number of aryl methyl sites for hydroxylation is 1. The van der Waals surface area contributed by atoms with Crippen LogP contribution in [-0.4, -0.2) is 38.4 Å². The number of amides is 2. The number of nitrogens with one attached hydrogen (secondary N) is 2. The van der Waals surface area contributed by atoms with Crippen LogP contribution >= 0.6 is 11.8 Å². The molecule has 0 aliphatic rings. The highest BCUT2D eigenvalue weighted by molar-refractivity contribution is 8.00. The summed E-state index contributed by atoms with van der Waals surface area (Å²) < 4.78 is 1.75. The van der Waals surface area contributed by atoms with Gasteiger partial charge in [0.15, 0.2) is 5.16 Å². The van der Waals surface area contributed by atoms with E-state index < -0.39 is 5.25 Å². The molecule has 0 saturated heterocycles. The SMILES string of the molecule is CC(Sc1nncn1C)C(=O)Nc1ccccc1C(=O)NCCc1ccccc1. The van der Waals surface area contributed by atoms with Gasteiger partial charge in [0.05, 0.1) is 16.5 Å². The molecule has 150 valence electrons. The third-order valence-electron chi connectivity index (χ3n) is 4.29. The Bertz CT molecular complexity index is 974. The summed E-state index contributed by atoms with van der Waals surface area (Å²) in [5, 5.41) is 13.8. The van der Waals surface area contributed by atoms with Crippen LogP contribution in [0.4, 0.5) is 5.69 Å². The minimum Gasteiger partial charge on any atom is -0.352 e. The average Bonchev–Trinajstić information content (AvgIpc) is 3.13. The first-order valence-corrected chi connectivity index (χ1v) is 10.1. The Hall–Kier alpha value is -3.13. The fraction of sp³-hybridized carbons (Fsp3) is 0.238. The van der Waals surface area contributed by atoms with Crippen molar-refractivity contribution in [3.63, 3.8) is 0 Å². The molecule has 2 N–H and O–H groups in total. The number of hydrogen-bond acceptors (Lipinski definition) is 5. The lowest BCUT2D eigenvalue weighted by Crippen LogP contribution is -2.28. The molecule has 1 aromatic heterocycles. The Balaban J connectivity index is 1.59. The van der Waals surface area contributed by atoms with Gasteiger partial charge in [-0.3, -0.25) is 9.59 Å². The Labute approximate surface area is 173 Å². The monoisotopic (exact) mass is 409 g/mol. The van der Waals surface area contributed by atoms with Crippen LogP contribution in [0.15, 0.2) is 66.1 Å². The smallest absolute Gasteiger partial charge is 0.253 e. The molecule has 2 aromatic carbocycles. The van der Waals surface area contributed by atoms with E-state index in [4.69, 9.17) is 0 Å². The lowest BCUT2D eigenvalue weighted by atomic mass is 10.1. The molecule has 8 heteroatoms. The molecular formula is C21H23N5O2S. The van der Waals surface area contributed by atoms with Gasteiger partial charge >= 0.3 is 0 Å². The maximum atomic E-state index is 12.6. The largest absolute Gasteiger partial charge is 0.352 e. The molecular weight excluding hydrogens is 386 g/mol. The molecule has 3 rings (SSSR count). The zero-order valence-corrected chi connectivity index (χ0v) is 17.1. The Morgan fingerprint density at radius 2 is 1.83 bits per heavy atom. The molecule has 1 heterocycles. The van der Waals surface area contributed by atoms with Crippen LogP contribution in [0.5, 0.6) is 0 Å². The van der Waals surface area contributed by atoms with E-state index in [9.17, 15) is 9.59 Å². The van der Waals surface area contributed by atoms with Crippen molar-refractivity contribution >= 4 is 29.3 Å². The molecule has 0 aliphatic heterocycles. The number of carbonyl (C=O) groups excluding carboxylic acids is 2. The lowest BCUT2D eigenvalue weighted by Gasteiger charge is -2.14. The zero-order valence-electron chi connectivity index (χ0n) is 16.3. The van der Waals surface area contributed by atoms with Crippen LogP contribution in [0.2, 0.25) is 0 Å². The van der Waals surface area contributed by atoms with Gasteiger partial charge in [0.2, 0.25) is 5.91 Å². The highest BCUT2D eigenvalue weighted by Crippen LogP contribution is 2.22. The van der Waals surface area contributed by atoms with Crippen molar-refractivity contribution in [2.45, 2.75) is 23.8 Å². The van der Waals surface area contributed by atoms with Gasteiger partial charge in [-0.1, -0.05) is 54.2 Å². The van der Waals surface area contributed by atoms with Gasteiger partial charge in [-0.25, -0.2) is 0 Å². The van der Waals surface area contributed by atoms with E-state index in [1.54, 1.807) is 42.1 Å². The topological polar surface area (TPSA) is 88.9 Å². The van der Waals surface area contributed by atoms with Crippen molar-refractivity contribution < 1.29 is 9.59 Å². The second kappa shape index (κ2) is 9.88. The van der Waals surface area contributed by atoms with Crippen LogP contribution in [0.1, 0.15) is 22.8 Å². The summed E-state index contributed by atoms with van der Waals surface area (Å²) in [6.45, 7) is 2.31. The van der Waals surface area contributed by atoms with Gasteiger partial charge in [-0.2, -0.15) is 0 Å². The highest BCUT2D eigenvalue weighted by atomic mass is 32.2. The van der Waals surface area contributed by atoms with E-state index in [1.165, 1.54) is 11.8 Å². The minimum atomic E-state index is -0.396. The van der Waals surface area contributed by atoms with E-state index in [1.807, 2.05) is 37.4 Å². The number of rotatable bonds is 8. The van der Waals surface area contributed by atoms with Gasteiger partial charge in [0, 0.05) is 13.6 Å². The number of para-hydroxylation sites is 1. The van der Waals surface area contributed by atoms with Gasteiger partial charge in [0.1, 0.15) is 6.33 Å². The maximum absolute atomic E-state index is 12.6. The number of aromatic nitrogens is 3. The summed E-state index contributed by atoms with van der Waals surface area (Å²) in [7, 11) is 1.82. The van der Waals surface area contributed by atoms with E-state index in [2.05, 4.69) is 20.8 Å². The van der Waals surface area contributed by atoms with Gasteiger partial charge in [-0.05, 0) is 31.0 Å². The van der Waals surface area contributed by atoms with E-state index in [0.29, 0.717) is 23.0 Å². The summed E-state index contributed by atoms with van der Waals surface area (Å²) >= 11 is 1.31. The van der Waals surface area contributed by atoms with Gasteiger partial charge < -0.3 is 15.2 Å². The summed E-state index contributed by atoms with van der Waals surface area (Å²) in [4.78, 5) is 25.2. The summed E-state index contributed by atoms with van der Waals surface area (Å²) in [6, 6.07) is 17.0. The third-order valence-corrected chi connectivity index (χ3v) is 5.44. The number of hydrogen-bond donors (Lipinski definition) is 2. The molecule has 7 nitrogen and oxygen atoms in total. The number of benzene rings is 2. The molecule has 0 fully saturated rings. The predicted molar refractivity (Wildman–Crippen MR) is 114 cm³/mol. The lowest BCUT2D eigenvalue weighted by molar-refractivity contribution is -0.115. The van der Waals surface area contributed by atoms with Crippen molar-refractivity contribution in [1.82, 2.24) is 20.1 Å². The quantitative estimate of drug-likeness (QED) is 0.559. The van der Waals surface area contributed by atoms with Crippen LogP contribution in [-0.2, 0) is 18.3 Å². The van der Waals surface area contributed by atoms with Crippen LogP contribution in [0.3, 0.4) is 0 Å². The molecule has 29 heavy (non-hydrogen) atoms. The first kappa shape index (κ1) is 20.6. The molecule has 1 atom stereocenters. The van der Waals surface area contributed by atoms with Crippen LogP contribution < -0.4 is 10.6 Å². The molecule has 0 aliphatic carbocycles. The van der Waals surface area contributed by atoms with Crippen molar-refractivity contribution in [2.75, 3.05) is 11.9 Å². The number of nitrogens with zero attached hydrogens (tertiary/aromatic N) is 3. The summed E-state index contributed by atoms with van der Waals surface area (Å²) in [5.41, 5.74) is 2.08. The van der Waals surface area contributed by atoms with Crippen molar-refractivity contribution in [2.24, 2.45) is 7.05 Å². The molecule has 0 bridgehead atoms. The molecule has 3 aromatic rings. The Morgan fingerprint density at radius 3 is 2.55 bits per heavy atom. The maximum Gasteiger partial charge on any atom is 0.253 e. The van der Waals surface area contributed by atoms with E-state index in [-0.39, 0.29) is 11.8 Å².